The molecule has 2 amide bonds. The van der Waals surface area contributed by atoms with Gasteiger partial charge in [-0.3, -0.25) is 9.59 Å². The van der Waals surface area contributed by atoms with Gasteiger partial charge in [-0.2, -0.15) is 0 Å². The van der Waals surface area contributed by atoms with E-state index in [0.717, 1.165) is 52.4 Å². The Balaban J connectivity index is 1.23. The van der Waals surface area contributed by atoms with Crippen molar-refractivity contribution in [2.45, 2.75) is 63.7 Å². The fourth-order valence-electron chi connectivity index (χ4n) is 6.26. The van der Waals surface area contributed by atoms with E-state index in [-0.39, 0.29) is 35.8 Å². The molecule has 1 saturated heterocycles. The molecule has 2 aliphatic heterocycles. The predicted octanol–water partition coefficient (Wildman–Crippen LogP) is 6.79. The number of aryl methyl sites for hydroxylation is 1. The van der Waals surface area contributed by atoms with Crippen molar-refractivity contribution < 1.29 is 18.7 Å². The molecule has 1 saturated carbocycles. The number of rotatable bonds is 10. The van der Waals surface area contributed by atoms with E-state index in [0.29, 0.717) is 43.4 Å². The molecule has 2 fully saturated rings. The van der Waals surface area contributed by atoms with Gasteiger partial charge in [-0.05, 0) is 88.5 Å². The molecule has 230 valence electrons. The lowest BCUT2D eigenvalue weighted by molar-refractivity contribution is -0.132. The molecule has 0 spiro atoms. The summed E-state index contributed by atoms with van der Waals surface area (Å²) in [7, 11) is 0. The van der Waals surface area contributed by atoms with Crippen LogP contribution in [-0.4, -0.2) is 59.4 Å². The summed E-state index contributed by atoms with van der Waals surface area (Å²) >= 11 is 9.92. The van der Waals surface area contributed by atoms with Gasteiger partial charge in [0.05, 0.1) is 17.1 Å². The number of benzene rings is 3. The number of halogens is 3. The predicted molar refractivity (Wildman–Crippen MR) is 174 cm³/mol. The maximum Gasteiger partial charge on any atom is 0.252 e. The Hall–Kier alpha value is -3.20. The molecule has 2 bridgehead atoms. The Morgan fingerprint density at radius 1 is 1.09 bits per heavy atom. The van der Waals surface area contributed by atoms with Gasteiger partial charge < -0.3 is 19.9 Å². The van der Waals surface area contributed by atoms with Crippen LogP contribution in [0.4, 0.5) is 4.39 Å². The largest absolute Gasteiger partial charge is 0.492 e. The highest BCUT2D eigenvalue weighted by atomic mass is 79.9. The maximum absolute atomic E-state index is 14.5. The summed E-state index contributed by atoms with van der Waals surface area (Å²) in [5, 5.41) is 4.32. The average Bonchev–Trinajstić information content (AvgIpc) is 3.85. The first kappa shape index (κ1) is 30.8. The fraction of sp³-hybridized carbons (Fsp3) is 0.371. The van der Waals surface area contributed by atoms with Gasteiger partial charge in [0.1, 0.15) is 11.6 Å². The van der Waals surface area contributed by atoms with Crippen molar-refractivity contribution >= 4 is 44.9 Å². The van der Waals surface area contributed by atoms with Crippen LogP contribution in [0, 0.1) is 5.82 Å². The van der Waals surface area contributed by atoms with E-state index < -0.39 is 0 Å². The molecule has 0 radical (unpaired) electrons. The van der Waals surface area contributed by atoms with Crippen molar-refractivity contribution in [1.82, 2.24) is 15.1 Å². The second kappa shape index (κ2) is 13.4. The Morgan fingerprint density at radius 3 is 2.59 bits per heavy atom. The van der Waals surface area contributed by atoms with Crippen LogP contribution in [0.2, 0.25) is 5.02 Å². The van der Waals surface area contributed by atoms with Crippen LogP contribution in [0.15, 0.2) is 76.8 Å². The molecule has 2 atom stereocenters. The molecule has 3 aromatic rings. The number of piperazine rings is 1. The van der Waals surface area contributed by atoms with Gasteiger partial charge in [0, 0.05) is 55.3 Å². The molecule has 44 heavy (non-hydrogen) atoms. The van der Waals surface area contributed by atoms with Crippen molar-refractivity contribution in [3.05, 3.63) is 104 Å². The van der Waals surface area contributed by atoms with Gasteiger partial charge >= 0.3 is 0 Å². The number of fused-ring (bicyclic) bond motifs is 2. The number of carbonyl (C=O) groups is 2. The molecule has 6 rings (SSSR count). The van der Waals surface area contributed by atoms with E-state index in [2.05, 4.69) is 45.5 Å². The molecule has 3 aromatic carbocycles. The minimum atomic E-state index is -0.328. The van der Waals surface area contributed by atoms with E-state index in [1.165, 1.54) is 17.7 Å². The van der Waals surface area contributed by atoms with Crippen molar-refractivity contribution in [3.63, 3.8) is 0 Å². The van der Waals surface area contributed by atoms with Crippen molar-refractivity contribution in [2.24, 2.45) is 0 Å². The number of ether oxygens (including phenoxy) is 1. The quantitative estimate of drug-likeness (QED) is 0.240. The monoisotopic (exact) mass is 679 g/mol. The lowest BCUT2D eigenvalue weighted by Gasteiger charge is -2.44. The first-order valence-electron chi connectivity index (χ1n) is 15.2. The van der Waals surface area contributed by atoms with E-state index >= 15 is 0 Å². The van der Waals surface area contributed by atoms with Crippen LogP contribution in [0.25, 0.3) is 5.57 Å². The van der Waals surface area contributed by atoms with Gasteiger partial charge in [-0.1, -0.05) is 54.1 Å². The minimum Gasteiger partial charge on any atom is -0.492 e. The summed E-state index contributed by atoms with van der Waals surface area (Å²) in [6.07, 6.45) is 4.22. The van der Waals surface area contributed by atoms with Crippen molar-refractivity contribution in [2.75, 3.05) is 19.7 Å². The van der Waals surface area contributed by atoms with Gasteiger partial charge in [-0.25, -0.2) is 4.39 Å². The summed E-state index contributed by atoms with van der Waals surface area (Å²) in [5.74, 6) is 0.226. The maximum atomic E-state index is 14.5. The Labute approximate surface area is 271 Å². The summed E-state index contributed by atoms with van der Waals surface area (Å²) in [6.45, 7) is 3.63. The molecule has 1 aliphatic carbocycles. The van der Waals surface area contributed by atoms with Gasteiger partial charge in [-0.15, -0.1) is 0 Å². The zero-order chi connectivity index (χ0) is 30.8. The van der Waals surface area contributed by atoms with Crippen LogP contribution in [-0.2, 0) is 22.6 Å². The van der Waals surface area contributed by atoms with Crippen LogP contribution < -0.4 is 10.1 Å². The topological polar surface area (TPSA) is 61.9 Å². The van der Waals surface area contributed by atoms with Gasteiger partial charge in [0.2, 0.25) is 5.91 Å². The Morgan fingerprint density at radius 2 is 1.86 bits per heavy atom. The third-order valence-corrected chi connectivity index (χ3v) is 9.71. The highest BCUT2D eigenvalue weighted by molar-refractivity contribution is 9.10. The fourth-order valence-corrected chi connectivity index (χ4v) is 6.82. The number of hydrogen-bond donors (Lipinski definition) is 1. The SMILES string of the molecule is CC(=O)N1C[C@H]2CC(c3ccc(CCCOc4cc(F)ccc4Br)cc3)=C(C(=O)N(Cc3ccccc3Cl)C3CC3)[C@@H](C1)N2. The number of nitrogens with one attached hydrogen (secondary N) is 1. The molecule has 1 N–H and O–H groups in total. The van der Waals surface area contributed by atoms with Crippen molar-refractivity contribution in [3.8, 4) is 5.75 Å². The minimum absolute atomic E-state index is 0.0218. The van der Waals surface area contributed by atoms with Crippen LogP contribution in [0.5, 0.6) is 5.75 Å². The molecular weight excluding hydrogens is 645 g/mol. The van der Waals surface area contributed by atoms with Crippen LogP contribution in [0.3, 0.4) is 0 Å². The third-order valence-electron chi connectivity index (χ3n) is 8.69. The Bertz CT molecular complexity index is 1580. The average molecular weight is 681 g/mol. The van der Waals surface area contributed by atoms with E-state index in [4.69, 9.17) is 16.3 Å². The Kier molecular flexibility index (Phi) is 9.40. The molecule has 0 unspecified atom stereocenters. The zero-order valence-electron chi connectivity index (χ0n) is 24.7. The molecule has 0 aromatic heterocycles. The van der Waals surface area contributed by atoms with E-state index in [1.807, 2.05) is 34.1 Å². The smallest absolute Gasteiger partial charge is 0.252 e. The summed E-state index contributed by atoms with van der Waals surface area (Å²) in [6, 6.07) is 20.6. The summed E-state index contributed by atoms with van der Waals surface area (Å²) in [4.78, 5) is 30.7. The lowest BCUT2D eigenvalue weighted by atomic mass is 9.82. The number of carbonyl (C=O) groups excluding carboxylic acids is 2. The molecule has 2 heterocycles. The standard InChI is InChI=1S/C35H36BrClFN3O3/c1-22(42)40-20-27-18-29(24-10-8-23(9-11-24)5-4-16-44-33-17-26(38)12-15-30(33)36)34(32(21-40)39-27)35(43)41(28-13-14-28)19-25-6-2-3-7-31(25)37/h2-3,6-12,15,17,27-28,32,39H,4-5,13-14,16,18-21H2,1H3/t27-,32-/m1/s1. The van der Waals surface area contributed by atoms with Crippen molar-refractivity contribution in [1.29, 1.82) is 0 Å². The van der Waals surface area contributed by atoms with Crippen LogP contribution in [0.1, 0.15) is 49.3 Å². The first-order valence-corrected chi connectivity index (χ1v) is 16.4. The normalized spacial score (nSPS) is 19.6. The highest BCUT2D eigenvalue weighted by Gasteiger charge is 2.43. The van der Waals surface area contributed by atoms with E-state index in [9.17, 15) is 14.0 Å². The van der Waals surface area contributed by atoms with Gasteiger partial charge in [0.15, 0.2) is 0 Å². The zero-order valence-corrected chi connectivity index (χ0v) is 27.0. The second-order valence-electron chi connectivity index (χ2n) is 11.9. The van der Waals surface area contributed by atoms with Gasteiger partial charge in [0.25, 0.3) is 5.91 Å². The number of nitrogens with zero attached hydrogens (tertiary/aromatic N) is 2. The highest BCUT2D eigenvalue weighted by Crippen LogP contribution is 2.38. The third kappa shape index (κ3) is 7.03. The molecular formula is C35H36BrClFN3O3. The summed E-state index contributed by atoms with van der Waals surface area (Å²) < 4.78 is 20.1. The van der Waals surface area contributed by atoms with Crippen LogP contribution >= 0.6 is 27.5 Å². The van der Waals surface area contributed by atoms with E-state index in [1.54, 1.807) is 13.0 Å². The number of amides is 2. The summed E-state index contributed by atoms with van der Waals surface area (Å²) in [5.41, 5.74) is 4.96. The second-order valence-corrected chi connectivity index (χ2v) is 13.2. The number of hydrogen-bond acceptors (Lipinski definition) is 4. The first-order chi connectivity index (χ1) is 21.3. The molecule has 3 aliphatic rings. The molecule has 9 heteroatoms. The lowest BCUT2D eigenvalue weighted by Crippen LogP contribution is -2.61. The molecule has 6 nitrogen and oxygen atoms in total.